The minimum atomic E-state index is 0.519. The van der Waals surface area contributed by atoms with Gasteiger partial charge in [-0.3, -0.25) is 0 Å². The first kappa shape index (κ1) is 27.0. The van der Waals surface area contributed by atoms with Crippen molar-refractivity contribution in [2.45, 2.75) is 49.1 Å². The molecular formula is C30H37N7OS. The van der Waals surface area contributed by atoms with Crippen molar-refractivity contribution in [2.24, 2.45) is 0 Å². The highest BCUT2D eigenvalue weighted by molar-refractivity contribution is 7.99. The van der Waals surface area contributed by atoms with Crippen LogP contribution < -0.4 is 15.4 Å². The molecule has 0 atom stereocenters. The first-order valence-electron chi connectivity index (χ1n) is 13.5. The summed E-state index contributed by atoms with van der Waals surface area (Å²) >= 11 is 1.55. The van der Waals surface area contributed by atoms with Crippen molar-refractivity contribution < 1.29 is 4.74 Å². The second-order valence-electron chi connectivity index (χ2n) is 9.93. The van der Waals surface area contributed by atoms with Crippen LogP contribution in [0.4, 0.5) is 17.3 Å². The lowest BCUT2D eigenvalue weighted by atomic mass is 9.84. The van der Waals surface area contributed by atoms with E-state index in [0.29, 0.717) is 18.4 Å². The zero-order chi connectivity index (χ0) is 27.4. The number of fused-ring (bicyclic) bond motifs is 1. The first-order chi connectivity index (χ1) is 19.0. The molecule has 1 fully saturated rings. The number of piperidine rings is 1. The average Bonchev–Trinajstić information content (AvgIpc) is 3.42. The topological polar surface area (TPSA) is 79.6 Å². The van der Waals surface area contributed by atoms with Crippen LogP contribution in [0, 0.1) is 6.92 Å². The maximum atomic E-state index is 5.95. The van der Waals surface area contributed by atoms with Crippen molar-refractivity contribution in [3.05, 3.63) is 71.9 Å². The monoisotopic (exact) mass is 543 g/mol. The zero-order valence-electron chi connectivity index (χ0n) is 23.2. The zero-order valence-corrected chi connectivity index (χ0v) is 24.0. The Morgan fingerprint density at radius 1 is 1.18 bits per heavy atom. The Labute approximate surface area is 234 Å². The van der Waals surface area contributed by atoms with E-state index < -0.39 is 0 Å². The standard InChI is InChI=1S/C30H37N7OS/c1-6-14-31-22-9-8-10-23(18-22)39-30-35-29(33-27-11-15-32-37(27)30)34-28-24(7-2)20(3)25(19-26(28)38-5)21-12-16-36(4)17-13-21/h6,8-11,15,18-19,21,31H,1,7,12-14,16-17H2,2-5H3,(H,33,34). The molecule has 2 N–H and O–H groups in total. The van der Waals surface area contributed by atoms with E-state index in [1.165, 1.54) is 29.5 Å². The summed E-state index contributed by atoms with van der Waals surface area (Å²) in [6.07, 6.45) is 6.81. The Balaban J connectivity index is 1.49. The molecule has 204 valence electrons. The number of benzene rings is 2. The van der Waals surface area contributed by atoms with Crippen LogP contribution in [0.5, 0.6) is 5.75 Å². The van der Waals surface area contributed by atoms with Gasteiger partial charge < -0.3 is 20.3 Å². The van der Waals surface area contributed by atoms with E-state index in [9.17, 15) is 0 Å². The highest BCUT2D eigenvalue weighted by atomic mass is 32.2. The van der Waals surface area contributed by atoms with Gasteiger partial charge in [0, 0.05) is 23.2 Å². The Hall–Kier alpha value is -3.56. The predicted octanol–water partition coefficient (Wildman–Crippen LogP) is 6.31. The van der Waals surface area contributed by atoms with Crippen LogP contribution in [0.1, 0.15) is 42.4 Å². The molecule has 2 aromatic heterocycles. The minimum absolute atomic E-state index is 0.519. The van der Waals surface area contributed by atoms with E-state index in [2.05, 4.69) is 66.3 Å². The maximum absolute atomic E-state index is 5.95. The van der Waals surface area contributed by atoms with Crippen LogP contribution in [-0.2, 0) is 6.42 Å². The lowest BCUT2D eigenvalue weighted by Crippen LogP contribution is -2.29. The molecule has 4 aromatic rings. The third-order valence-corrected chi connectivity index (χ3v) is 8.35. The quantitative estimate of drug-likeness (QED) is 0.226. The first-order valence-corrected chi connectivity index (χ1v) is 14.3. The number of rotatable bonds is 10. The van der Waals surface area contributed by atoms with Crippen molar-refractivity contribution in [1.29, 1.82) is 0 Å². The Morgan fingerprint density at radius 3 is 2.74 bits per heavy atom. The summed E-state index contributed by atoms with van der Waals surface area (Å²) in [4.78, 5) is 13.1. The molecule has 9 heteroatoms. The highest BCUT2D eigenvalue weighted by Crippen LogP contribution is 2.41. The third-order valence-electron chi connectivity index (χ3n) is 7.41. The number of hydrogen-bond donors (Lipinski definition) is 2. The van der Waals surface area contributed by atoms with Crippen LogP contribution in [0.25, 0.3) is 5.65 Å². The molecule has 0 amide bonds. The molecule has 5 rings (SSSR count). The summed E-state index contributed by atoms with van der Waals surface area (Å²) < 4.78 is 7.72. The fraction of sp³-hybridized carbons (Fsp3) is 0.367. The van der Waals surface area contributed by atoms with E-state index >= 15 is 0 Å². The van der Waals surface area contributed by atoms with Gasteiger partial charge >= 0.3 is 0 Å². The molecular weight excluding hydrogens is 506 g/mol. The second kappa shape index (κ2) is 12.1. The van der Waals surface area contributed by atoms with Crippen molar-refractivity contribution in [1.82, 2.24) is 24.5 Å². The molecule has 0 bridgehead atoms. The van der Waals surface area contributed by atoms with Crippen molar-refractivity contribution >= 4 is 34.7 Å². The molecule has 0 aliphatic carbocycles. The number of hydrogen-bond acceptors (Lipinski definition) is 8. The summed E-state index contributed by atoms with van der Waals surface area (Å²) in [5, 5.41) is 12.1. The molecule has 1 aliphatic heterocycles. The number of anilines is 3. The average molecular weight is 544 g/mol. The van der Waals surface area contributed by atoms with Gasteiger partial charge in [0.1, 0.15) is 5.75 Å². The van der Waals surface area contributed by atoms with Gasteiger partial charge in [-0.15, -0.1) is 6.58 Å². The van der Waals surface area contributed by atoms with Gasteiger partial charge in [-0.1, -0.05) is 19.1 Å². The van der Waals surface area contributed by atoms with Gasteiger partial charge in [0.05, 0.1) is 19.0 Å². The smallest absolute Gasteiger partial charge is 0.231 e. The molecule has 3 heterocycles. The van der Waals surface area contributed by atoms with Crippen molar-refractivity contribution in [2.75, 3.05) is 44.4 Å². The molecule has 0 saturated carbocycles. The molecule has 8 nitrogen and oxygen atoms in total. The minimum Gasteiger partial charge on any atom is -0.495 e. The molecule has 1 saturated heterocycles. The molecule has 0 spiro atoms. The predicted molar refractivity (Wildman–Crippen MR) is 160 cm³/mol. The Kier molecular flexibility index (Phi) is 8.38. The van der Waals surface area contributed by atoms with Gasteiger partial charge in [-0.2, -0.15) is 19.6 Å². The molecule has 39 heavy (non-hydrogen) atoms. The molecule has 0 unspecified atom stereocenters. The number of methoxy groups -OCH3 is 1. The normalized spacial score (nSPS) is 14.5. The number of likely N-dealkylation sites (tertiary alicyclic amines) is 1. The molecule has 0 radical (unpaired) electrons. The fourth-order valence-corrected chi connectivity index (χ4v) is 6.22. The summed E-state index contributed by atoms with van der Waals surface area (Å²) in [6, 6.07) is 12.4. The lowest BCUT2D eigenvalue weighted by molar-refractivity contribution is 0.255. The number of nitrogens with one attached hydrogen (secondary N) is 2. The van der Waals surface area contributed by atoms with Crippen LogP contribution in [0.15, 0.2) is 65.3 Å². The van der Waals surface area contributed by atoms with Gasteiger partial charge in [0.25, 0.3) is 0 Å². The number of ether oxygens (including phenoxy) is 1. The number of aromatic nitrogens is 4. The molecule has 2 aromatic carbocycles. The van der Waals surface area contributed by atoms with E-state index in [1.54, 1.807) is 29.6 Å². The fourth-order valence-electron chi connectivity index (χ4n) is 5.31. The largest absolute Gasteiger partial charge is 0.495 e. The van der Waals surface area contributed by atoms with E-state index in [0.717, 1.165) is 52.3 Å². The van der Waals surface area contributed by atoms with Crippen LogP contribution in [0.3, 0.4) is 0 Å². The van der Waals surface area contributed by atoms with Crippen LogP contribution >= 0.6 is 11.8 Å². The van der Waals surface area contributed by atoms with Crippen LogP contribution in [-0.4, -0.2) is 58.3 Å². The SMILES string of the molecule is C=CCNc1cccc(Sc2nc(Nc3c(OC)cc(C4CCN(C)CC4)c(C)c3CC)nc3ccnn23)c1. The number of nitrogens with zero attached hydrogens (tertiary/aromatic N) is 5. The third kappa shape index (κ3) is 5.89. The van der Waals surface area contributed by atoms with Gasteiger partial charge in [-0.25, -0.2) is 0 Å². The summed E-state index contributed by atoms with van der Waals surface area (Å²) in [5.41, 5.74) is 6.67. The Morgan fingerprint density at radius 2 is 2.00 bits per heavy atom. The van der Waals surface area contributed by atoms with Gasteiger partial charge in [0.15, 0.2) is 10.8 Å². The summed E-state index contributed by atoms with van der Waals surface area (Å²) in [6.45, 7) is 11.2. The van der Waals surface area contributed by atoms with Gasteiger partial charge in [0.2, 0.25) is 5.95 Å². The Bertz CT molecular complexity index is 1460. The van der Waals surface area contributed by atoms with E-state index in [1.807, 2.05) is 24.3 Å². The van der Waals surface area contributed by atoms with Crippen LogP contribution in [0.2, 0.25) is 0 Å². The summed E-state index contributed by atoms with van der Waals surface area (Å²) in [5.74, 6) is 1.90. The van der Waals surface area contributed by atoms with E-state index in [-0.39, 0.29) is 0 Å². The van der Waals surface area contributed by atoms with Crippen molar-refractivity contribution in [3.8, 4) is 5.75 Å². The second-order valence-corrected chi connectivity index (χ2v) is 11.0. The van der Waals surface area contributed by atoms with Gasteiger partial charge in [-0.05, 0) is 105 Å². The lowest BCUT2D eigenvalue weighted by Gasteiger charge is -2.31. The van der Waals surface area contributed by atoms with Crippen molar-refractivity contribution in [3.63, 3.8) is 0 Å². The summed E-state index contributed by atoms with van der Waals surface area (Å²) in [7, 11) is 3.94. The molecule has 1 aliphatic rings. The highest BCUT2D eigenvalue weighted by Gasteiger charge is 2.24. The van der Waals surface area contributed by atoms with E-state index in [4.69, 9.17) is 14.7 Å². The maximum Gasteiger partial charge on any atom is 0.231 e.